The standard InChI is InChI=1S/C15H7F6N3O2/c16-14(17,18)8-3-1-7(2-4-8)10-9(15(19,20)21)5-24-6-22-11(13(25)26)12(24)23-10/h1-6H,(H,25,26). The predicted octanol–water partition coefficient (Wildman–Crippen LogP) is 4.13. The van der Waals surface area contributed by atoms with Crippen LogP contribution in [-0.2, 0) is 12.4 Å². The summed E-state index contributed by atoms with van der Waals surface area (Å²) in [4.78, 5) is 18.3. The molecule has 3 rings (SSSR count). The molecule has 0 saturated heterocycles. The van der Waals surface area contributed by atoms with E-state index in [4.69, 9.17) is 5.11 Å². The summed E-state index contributed by atoms with van der Waals surface area (Å²) in [6.45, 7) is 0. The van der Waals surface area contributed by atoms with Crippen molar-refractivity contribution in [3.05, 3.63) is 53.6 Å². The summed E-state index contributed by atoms with van der Waals surface area (Å²) in [5.41, 5.74) is -4.15. The normalized spacial score (nSPS) is 12.5. The van der Waals surface area contributed by atoms with Crippen molar-refractivity contribution in [1.29, 1.82) is 0 Å². The second-order valence-corrected chi connectivity index (χ2v) is 5.21. The van der Waals surface area contributed by atoms with Crippen LogP contribution >= 0.6 is 0 Å². The highest BCUT2D eigenvalue weighted by molar-refractivity contribution is 5.92. The largest absolute Gasteiger partial charge is 0.476 e. The maximum Gasteiger partial charge on any atom is 0.419 e. The minimum Gasteiger partial charge on any atom is -0.476 e. The summed E-state index contributed by atoms with van der Waals surface area (Å²) in [6, 6.07) is 2.92. The molecular formula is C15H7F6N3O2. The van der Waals surface area contributed by atoms with Crippen LogP contribution in [0.1, 0.15) is 21.6 Å². The zero-order chi connectivity index (χ0) is 19.3. The first kappa shape index (κ1) is 17.7. The Bertz CT molecular complexity index is 990. The maximum absolute atomic E-state index is 13.3. The Labute approximate surface area is 140 Å². The number of carboxylic acids is 1. The molecule has 0 aliphatic rings. The number of rotatable bonds is 2. The first-order valence-electron chi connectivity index (χ1n) is 6.84. The number of aromatic carboxylic acids is 1. The zero-order valence-electron chi connectivity index (χ0n) is 12.4. The highest BCUT2D eigenvalue weighted by Gasteiger charge is 2.36. The smallest absolute Gasteiger partial charge is 0.419 e. The fourth-order valence-corrected chi connectivity index (χ4v) is 2.32. The maximum atomic E-state index is 13.3. The number of alkyl halides is 6. The van der Waals surface area contributed by atoms with Crippen molar-refractivity contribution in [2.75, 3.05) is 0 Å². The van der Waals surface area contributed by atoms with E-state index in [1.54, 1.807) is 0 Å². The zero-order valence-corrected chi connectivity index (χ0v) is 12.4. The van der Waals surface area contributed by atoms with Gasteiger partial charge in [-0.25, -0.2) is 14.8 Å². The molecule has 0 amide bonds. The average molecular weight is 375 g/mol. The van der Waals surface area contributed by atoms with Crippen LogP contribution in [0.4, 0.5) is 26.3 Å². The molecule has 1 N–H and O–H groups in total. The fraction of sp³-hybridized carbons (Fsp3) is 0.133. The minimum atomic E-state index is -4.87. The molecule has 0 aliphatic heterocycles. The van der Waals surface area contributed by atoms with E-state index < -0.39 is 40.8 Å². The van der Waals surface area contributed by atoms with Gasteiger partial charge in [-0.15, -0.1) is 0 Å². The Morgan fingerprint density at radius 3 is 2.12 bits per heavy atom. The number of benzene rings is 1. The quantitative estimate of drug-likeness (QED) is 0.684. The SMILES string of the molecule is O=C(O)c1ncn2cc(C(F)(F)F)c(-c3ccc(C(F)(F)F)cc3)nc12. The van der Waals surface area contributed by atoms with E-state index in [0.717, 1.165) is 22.9 Å². The van der Waals surface area contributed by atoms with Crippen molar-refractivity contribution in [1.82, 2.24) is 14.4 Å². The van der Waals surface area contributed by atoms with Gasteiger partial charge in [-0.1, -0.05) is 12.1 Å². The number of nitrogens with zero attached hydrogens (tertiary/aromatic N) is 3. The van der Waals surface area contributed by atoms with Gasteiger partial charge in [0.25, 0.3) is 0 Å². The van der Waals surface area contributed by atoms with Crippen molar-refractivity contribution < 1.29 is 36.2 Å². The predicted molar refractivity (Wildman–Crippen MR) is 75.4 cm³/mol. The Hall–Kier alpha value is -3.11. The van der Waals surface area contributed by atoms with Crippen molar-refractivity contribution >= 4 is 11.6 Å². The van der Waals surface area contributed by atoms with Gasteiger partial charge in [0, 0.05) is 11.8 Å². The lowest BCUT2D eigenvalue weighted by molar-refractivity contribution is -0.138. The summed E-state index contributed by atoms with van der Waals surface area (Å²) in [5.74, 6) is -1.50. The van der Waals surface area contributed by atoms with Crippen LogP contribution in [-0.4, -0.2) is 25.4 Å². The Morgan fingerprint density at radius 1 is 1.00 bits per heavy atom. The highest BCUT2D eigenvalue weighted by Crippen LogP contribution is 2.37. The summed E-state index contributed by atoms with van der Waals surface area (Å²) in [5, 5.41) is 9.03. The summed E-state index contributed by atoms with van der Waals surface area (Å²) >= 11 is 0. The van der Waals surface area contributed by atoms with Gasteiger partial charge in [-0.2, -0.15) is 26.3 Å². The molecule has 0 bridgehead atoms. The monoisotopic (exact) mass is 375 g/mol. The van der Waals surface area contributed by atoms with Crippen LogP contribution in [0.5, 0.6) is 0 Å². The number of hydrogen-bond donors (Lipinski definition) is 1. The number of carbonyl (C=O) groups is 1. The molecule has 0 atom stereocenters. The van der Waals surface area contributed by atoms with Gasteiger partial charge in [0.15, 0.2) is 11.3 Å². The van der Waals surface area contributed by atoms with Crippen LogP contribution in [0.3, 0.4) is 0 Å². The van der Waals surface area contributed by atoms with Gasteiger partial charge < -0.3 is 5.11 Å². The lowest BCUT2D eigenvalue weighted by Crippen LogP contribution is -2.11. The molecule has 0 fully saturated rings. The molecule has 2 heterocycles. The Balaban J connectivity index is 2.25. The molecule has 2 aromatic heterocycles. The van der Waals surface area contributed by atoms with E-state index in [1.165, 1.54) is 0 Å². The first-order chi connectivity index (χ1) is 12.0. The third-order valence-electron chi connectivity index (χ3n) is 3.50. The topological polar surface area (TPSA) is 67.5 Å². The van der Waals surface area contributed by atoms with E-state index in [1.807, 2.05) is 0 Å². The van der Waals surface area contributed by atoms with Gasteiger partial charge in [-0.3, -0.25) is 4.40 Å². The number of hydrogen-bond acceptors (Lipinski definition) is 3. The van der Waals surface area contributed by atoms with Crippen molar-refractivity contribution in [3.63, 3.8) is 0 Å². The number of carboxylic acid groups (broad SMARTS) is 1. The van der Waals surface area contributed by atoms with E-state index in [0.29, 0.717) is 18.3 Å². The molecule has 11 heteroatoms. The van der Waals surface area contributed by atoms with Gasteiger partial charge in [0.05, 0.1) is 16.8 Å². The molecule has 136 valence electrons. The number of imidazole rings is 1. The highest BCUT2D eigenvalue weighted by atomic mass is 19.4. The lowest BCUT2D eigenvalue weighted by Gasteiger charge is -2.14. The summed E-state index contributed by atoms with van der Waals surface area (Å²) < 4.78 is 78.6. The van der Waals surface area contributed by atoms with Crippen LogP contribution < -0.4 is 0 Å². The molecule has 0 spiro atoms. The van der Waals surface area contributed by atoms with Gasteiger partial charge in [-0.05, 0) is 12.1 Å². The molecule has 0 radical (unpaired) electrons. The molecule has 0 unspecified atom stereocenters. The fourth-order valence-electron chi connectivity index (χ4n) is 2.32. The molecule has 26 heavy (non-hydrogen) atoms. The Morgan fingerprint density at radius 2 is 1.62 bits per heavy atom. The van der Waals surface area contributed by atoms with E-state index >= 15 is 0 Å². The minimum absolute atomic E-state index is 0.245. The van der Waals surface area contributed by atoms with Crippen LogP contribution in [0, 0.1) is 0 Å². The number of halogens is 6. The van der Waals surface area contributed by atoms with Crippen molar-refractivity contribution in [2.24, 2.45) is 0 Å². The second kappa shape index (κ2) is 5.71. The molecule has 0 aliphatic carbocycles. The Kier molecular flexibility index (Phi) is 3.89. The molecule has 0 saturated carbocycles. The van der Waals surface area contributed by atoms with Crippen LogP contribution in [0.15, 0.2) is 36.8 Å². The average Bonchev–Trinajstić information content (AvgIpc) is 2.95. The first-order valence-corrected chi connectivity index (χ1v) is 6.84. The van der Waals surface area contributed by atoms with E-state index in [2.05, 4.69) is 9.97 Å². The number of aromatic nitrogens is 3. The van der Waals surface area contributed by atoms with Crippen LogP contribution in [0.25, 0.3) is 16.9 Å². The third-order valence-corrected chi connectivity index (χ3v) is 3.50. The summed E-state index contributed by atoms with van der Waals surface area (Å²) in [7, 11) is 0. The molecule has 5 nitrogen and oxygen atoms in total. The molecular weight excluding hydrogens is 368 g/mol. The summed E-state index contributed by atoms with van der Waals surface area (Å²) in [6.07, 6.45) is -8.07. The van der Waals surface area contributed by atoms with Crippen molar-refractivity contribution in [3.8, 4) is 11.3 Å². The number of fused-ring (bicyclic) bond motifs is 1. The lowest BCUT2D eigenvalue weighted by atomic mass is 10.0. The van der Waals surface area contributed by atoms with Crippen molar-refractivity contribution in [2.45, 2.75) is 12.4 Å². The third kappa shape index (κ3) is 3.07. The van der Waals surface area contributed by atoms with E-state index in [-0.39, 0.29) is 11.2 Å². The van der Waals surface area contributed by atoms with Gasteiger partial charge >= 0.3 is 18.3 Å². The second-order valence-electron chi connectivity index (χ2n) is 5.21. The molecule has 3 aromatic rings. The van der Waals surface area contributed by atoms with E-state index in [9.17, 15) is 31.1 Å². The van der Waals surface area contributed by atoms with Gasteiger partial charge in [0.1, 0.15) is 6.33 Å². The van der Waals surface area contributed by atoms with Gasteiger partial charge in [0.2, 0.25) is 0 Å². The van der Waals surface area contributed by atoms with Crippen LogP contribution in [0.2, 0.25) is 0 Å². The molecule has 1 aromatic carbocycles.